The van der Waals surface area contributed by atoms with E-state index < -0.39 is 34.7 Å². The van der Waals surface area contributed by atoms with Crippen molar-refractivity contribution < 1.29 is 50.4 Å². The first-order valence-electron chi connectivity index (χ1n) is 19.1. The second-order valence-corrected chi connectivity index (χ2v) is 14.6. The molecule has 0 saturated heterocycles. The fourth-order valence-corrected chi connectivity index (χ4v) is 8.60. The predicted octanol–water partition coefficient (Wildman–Crippen LogP) is 7.04. The molecule has 5 aromatic rings. The Bertz CT molecular complexity index is 2480. The zero-order chi connectivity index (χ0) is 42.1. The maximum absolute atomic E-state index is 14.9. The van der Waals surface area contributed by atoms with Gasteiger partial charge in [0.2, 0.25) is 11.8 Å². The van der Waals surface area contributed by atoms with Gasteiger partial charge in [-0.05, 0) is 89.7 Å². The van der Waals surface area contributed by atoms with Gasteiger partial charge in [0.05, 0.1) is 0 Å². The summed E-state index contributed by atoms with van der Waals surface area (Å²) in [5.74, 6) is -3.44. The van der Waals surface area contributed by atoms with E-state index in [0.717, 1.165) is 0 Å². The number of aliphatic hydroxyl groups excluding tert-OH is 2. The van der Waals surface area contributed by atoms with Crippen molar-refractivity contribution in [3.8, 4) is 34.5 Å². The minimum absolute atomic E-state index is 0.292. The molecule has 0 saturated carbocycles. The minimum Gasteiger partial charge on any atom is -0.510 e. The van der Waals surface area contributed by atoms with Gasteiger partial charge in [-0.2, -0.15) is 0 Å². The first-order chi connectivity index (χ1) is 28.4. The van der Waals surface area contributed by atoms with E-state index in [-0.39, 0.29) is 34.8 Å². The number of anilines is 2. The molecule has 0 aromatic heterocycles. The summed E-state index contributed by atoms with van der Waals surface area (Å²) in [6.45, 7) is 3.76. The van der Waals surface area contributed by atoms with Gasteiger partial charge in [-0.3, -0.25) is 9.59 Å². The number of aliphatic hydroxyl groups is 2. The van der Waals surface area contributed by atoms with Gasteiger partial charge >= 0.3 is 0 Å². The molecule has 302 valence electrons. The number of phenolic OH excluding ortho intramolecular Hbond substituents is 6. The van der Waals surface area contributed by atoms with Gasteiger partial charge in [-0.15, -0.1) is 0 Å². The molecule has 0 bridgehead atoms. The van der Waals surface area contributed by atoms with E-state index >= 15 is 0 Å². The zero-order valence-corrected chi connectivity index (χ0v) is 32.0. The number of carbonyl (C=O) groups excluding carboxylic acids is 2. The van der Waals surface area contributed by atoms with E-state index in [4.69, 9.17) is 0 Å². The lowest BCUT2D eigenvalue weighted by molar-refractivity contribution is -0.121. The van der Waals surface area contributed by atoms with Crippen LogP contribution in [-0.2, 0) is 20.4 Å². The zero-order valence-electron chi connectivity index (χ0n) is 32.0. The predicted molar refractivity (Wildman–Crippen MR) is 222 cm³/mol. The maximum Gasteiger partial charge on any atom is 0.246 e. The van der Waals surface area contributed by atoms with Crippen LogP contribution in [0.25, 0.3) is 0 Å². The number of fused-ring (bicyclic) bond motifs is 2. The summed E-state index contributed by atoms with van der Waals surface area (Å²) >= 11 is 0. The highest BCUT2D eigenvalue weighted by molar-refractivity contribution is 6.14. The lowest BCUT2D eigenvalue weighted by atomic mass is 9.69. The summed E-state index contributed by atoms with van der Waals surface area (Å²) < 4.78 is 0. The van der Waals surface area contributed by atoms with Gasteiger partial charge in [-0.25, -0.2) is 0 Å². The normalized spacial score (nSPS) is 17.3. The van der Waals surface area contributed by atoms with Crippen LogP contribution in [0, 0.1) is 0 Å². The fraction of sp³-hybridized carbons (Fsp3) is 0.191. The molecule has 0 aliphatic carbocycles. The number of nitrogens with zero attached hydrogens (tertiary/aromatic N) is 2. The van der Waals surface area contributed by atoms with Crippen LogP contribution in [0.5, 0.6) is 34.5 Å². The van der Waals surface area contributed by atoms with Gasteiger partial charge in [-0.1, -0.05) is 86.2 Å². The standard InChI is InChI=1S/C47H44N2O10/c1-2-11-29(24-33(51)28-50)46(30-16-19-38(52)41(55)25-30)34-12-5-7-14-36(34)48(44(46)58)22-9-3-4-10-23-49-37-15-8-6-13-35(37)47(45(49)59,31-17-20-39(53)42(56)26-31)32-18-21-40(54)43(57)27-32/h2,5-8,11-21,24-27,50-57H,1,3-4,9-10,22-23,28H2/b29-11+,33-24+. The SMILES string of the molecule is C=C/C=C(\C=C(\O)CO)C1(c2ccc(O)c(O)c2)C(=O)N(CCCCCCN2C(=O)C(c3ccc(O)c(O)c3)(c3ccc(O)c(O)c3)c3ccccc32)c2ccccc21. The number of hydrogen-bond donors (Lipinski definition) is 8. The number of hydrogen-bond acceptors (Lipinski definition) is 10. The highest BCUT2D eigenvalue weighted by atomic mass is 16.3. The number of para-hydroxylation sites is 2. The number of unbranched alkanes of at least 4 members (excludes halogenated alkanes) is 3. The fourth-order valence-electron chi connectivity index (χ4n) is 8.60. The molecular weight excluding hydrogens is 753 g/mol. The van der Waals surface area contributed by atoms with E-state index in [1.54, 1.807) is 46.2 Å². The number of aromatic hydroxyl groups is 6. The van der Waals surface area contributed by atoms with Crippen LogP contribution in [0.3, 0.4) is 0 Å². The van der Waals surface area contributed by atoms with Crippen molar-refractivity contribution in [2.75, 3.05) is 29.5 Å². The average molecular weight is 797 g/mol. The molecule has 0 fully saturated rings. The molecule has 2 aliphatic heterocycles. The van der Waals surface area contributed by atoms with Crippen molar-refractivity contribution in [2.45, 2.75) is 36.5 Å². The second kappa shape index (κ2) is 16.0. The quantitative estimate of drug-likeness (QED) is 0.0249. The topological polar surface area (TPSA) is 202 Å². The largest absolute Gasteiger partial charge is 0.510 e. The van der Waals surface area contributed by atoms with Crippen LogP contribution >= 0.6 is 0 Å². The molecule has 12 heteroatoms. The van der Waals surface area contributed by atoms with Crippen LogP contribution in [0.4, 0.5) is 11.4 Å². The van der Waals surface area contributed by atoms with Crippen LogP contribution in [0.15, 0.2) is 139 Å². The first kappa shape index (κ1) is 40.0. The maximum atomic E-state index is 14.9. The molecule has 1 unspecified atom stereocenters. The molecule has 7 rings (SSSR count). The van der Waals surface area contributed by atoms with Crippen molar-refractivity contribution in [1.29, 1.82) is 0 Å². The number of rotatable bonds is 14. The number of allylic oxidation sites excluding steroid dienone is 3. The number of carbonyl (C=O) groups is 2. The third-order valence-electron chi connectivity index (χ3n) is 11.3. The Kier molecular flexibility index (Phi) is 10.8. The number of benzene rings is 5. The van der Waals surface area contributed by atoms with Crippen molar-refractivity contribution in [2.24, 2.45) is 0 Å². The number of phenols is 6. The lowest BCUT2D eigenvalue weighted by Gasteiger charge is -2.31. The Morgan fingerprint density at radius 3 is 1.54 bits per heavy atom. The molecular formula is C47H44N2O10. The Balaban J connectivity index is 1.13. The Hall–Kier alpha value is -7.18. The summed E-state index contributed by atoms with van der Waals surface area (Å²) in [5.41, 5.74) is 0.663. The van der Waals surface area contributed by atoms with Gasteiger partial charge < -0.3 is 50.7 Å². The molecule has 1 atom stereocenters. The van der Waals surface area contributed by atoms with Gasteiger partial charge in [0.15, 0.2) is 34.5 Å². The van der Waals surface area contributed by atoms with Crippen LogP contribution < -0.4 is 9.80 Å². The molecule has 0 spiro atoms. The Labute approximate surface area is 340 Å². The summed E-state index contributed by atoms with van der Waals surface area (Å²) in [4.78, 5) is 33.1. The van der Waals surface area contributed by atoms with Gasteiger partial charge in [0.1, 0.15) is 23.2 Å². The minimum atomic E-state index is -1.59. The highest BCUT2D eigenvalue weighted by Crippen LogP contribution is 2.54. The third-order valence-corrected chi connectivity index (χ3v) is 11.3. The molecule has 2 heterocycles. The smallest absolute Gasteiger partial charge is 0.246 e. The molecule has 59 heavy (non-hydrogen) atoms. The van der Waals surface area contributed by atoms with Gasteiger partial charge in [0, 0.05) is 35.6 Å². The molecule has 5 aromatic carbocycles. The van der Waals surface area contributed by atoms with E-state index in [0.29, 0.717) is 83.5 Å². The van der Waals surface area contributed by atoms with Crippen molar-refractivity contribution >= 4 is 23.2 Å². The van der Waals surface area contributed by atoms with Crippen molar-refractivity contribution in [3.05, 3.63) is 167 Å². The highest BCUT2D eigenvalue weighted by Gasteiger charge is 2.55. The van der Waals surface area contributed by atoms with Gasteiger partial charge in [0.25, 0.3) is 0 Å². The molecule has 8 N–H and O–H groups in total. The monoisotopic (exact) mass is 796 g/mol. The molecule has 12 nitrogen and oxygen atoms in total. The van der Waals surface area contributed by atoms with E-state index in [1.807, 2.05) is 30.3 Å². The summed E-state index contributed by atoms with van der Waals surface area (Å²) in [6.07, 6.45) is 6.84. The van der Waals surface area contributed by atoms with Crippen LogP contribution in [-0.4, -0.2) is 72.4 Å². The molecule has 2 aliphatic rings. The third kappa shape index (κ3) is 6.57. The molecule has 2 amide bonds. The first-order valence-corrected chi connectivity index (χ1v) is 19.1. The van der Waals surface area contributed by atoms with E-state index in [9.17, 15) is 50.4 Å². The second-order valence-electron chi connectivity index (χ2n) is 14.6. The number of amides is 2. The lowest BCUT2D eigenvalue weighted by Crippen LogP contribution is -2.43. The van der Waals surface area contributed by atoms with E-state index in [1.165, 1.54) is 54.6 Å². The Morgan fingerprint density at radius 1 is 0.576 bits per heavy atom. The average Bonchev–Trinajstić information content (AvgIpc) is 3.63. The summed E-state index contributed by atoms with van der Waals surface area (Å²) in [7, 11) is 0. The molecule has 0 radical (unpaired) electrons. The summed E-state index contributed by atoms with van der Waals surface area (Å²) in [6, 6.07) is 27.0. The van der Waals surface area contributed by atoms with Crippen LogP contribution in [0.2, 0.25) is 0 Å². The van der Waals surface area contributed by atoms with Crippen molar-refractivity contribution in [3.63, 3.8) is 0 Å². The summed E-state index contributed by atoms with van der Waals surface area (Å²) in [5, 5.41) is 82.4. The van der Waals surface area contributed by atoms with E-state index in [2.05, 4.69) is 6.58 Å². The van der Waals surface area contributed by atoms with Crippen LogP contribution in [0.1, 0.15) is 53.5 Å². The van der Waals surface area contributed by atoms with Crippen molar-refractivity contribution in [1.82, 2.24) is 0 Å². The Morgan fingerprint density at radius 2 is 1.03 bits per heavy atom.